The number of nitrogens with one attached hydrogen (secondary N) is 1. The molecule has 2 fully saturated rings. The quantitative estimate of drug-likeness (QED) is 0.622. The van der Waals surface area contributed by atoms with Crippen LogP contribution in [0.25, 0.3) is 22.6 Å². The average Bonchev–Trinajstić information content (AvgIpc) is 3.53. The van der Waals surface area contributed by atoms with Crippen molar-refractivity contribution in [3.63, 3.8) is 0 Å². The summed E-state index contributed by atoms with van der Waals surface area (Å²) >= 11 is 0. The largest absolute Gasteiger partial charge is 0.380 e. The number of aromatic nitrogens is 6. The van der Waals surface area contributed by atoms with Crippen molar-refractivity contribution in [1.29, 1.82) is 0 Å². The van der Waals surface area contributed by atoms with Crippen LogP contribution in [0.5, 0.6) is 0 Å². The number of imidazole rings is 1. The smallest absolute Gasteiger partial charge is 0.254 e. The first-order valence-corrected chi connectivity index (χ1v) is 11.3. The highest BCUT2D eigenvalue weighted by molar-refractivity contribution is 5.87. The van der Waals surface area contributed by atoms with Gasteiger partial charge in [-0.05, 0) is 46.0 Å². The molecule has 1 saturated carbocycles. The molecule has 1 atom stereocenters. The van der Waals surface area contributed by atoms with Crippen molar-refractivity contribution < 1.29 is 9.90 Å². The number of aryl methyl sites for hydroxylation is 2. The summed E-state index contributed by atoms with van der Waals surface area (Å²) in [6.07, 6.45) is 8.80. The molecule has 2 aliphatic rings. The molecule has 1 amide bonds. The third-order valence-corrected chi connectivity index (χ3v) is 6.53. The molecule has 1 aliphatic carbocycles. The molecule has 0 unspecified atom stereocenters. The van der Waals surface area contributed by atoms with E-state index in [1.165, 1.54) is 6.33 Å². The van der Waals surface area contributed by atoms with E-state index in [1.807, 2.05) is 18.4 Å². The molecule has 4 heterocycles. The molecule has 2 N–H and O–H groups in total. The number of aliphatic hydroxyl groups is 1. The van der Waals surface area contributed by atoms with Crippen molar-refractivity contribution in [1.82, 2.24) is 34.4 Å². The van der Waals surface area contributed by atoms with E-state index in [0.717, 1.165) is 36.3 Å². The van der Waals surface area contributed by atoms with Gasteiger partial charge >= 0.3 is 0 Å². The predicted molar refractivity (Wildman–Crippen MR) is 119 cm³/mol. The normalized spacial score (nSPS) is 20.2. The summed E-state index contributed by atoms with van der Waals surface area (Å²) in [6, 6.07) is 0.0417. The van der Waals surface area contributed by atoms with Crippen LogP contribution < -0.4 is 5.32 Å². The number of fused-ring (bicyclic) bond motifs is 1. The zero-order valence-electron chi connectivity index (χ0n) is 18.5. The summed E-state index contributed by atoms with van der Waals surface area (Å²) in [6.45, 7) is 5.76. The number of hydrogen-bond acceptors (Lipinski definition) is 8. The van der Waals surface area contributed by atoms with Crippen LogP contribution in [0, 0.1) is 6.92 Å². The minimum absolute atomic E-state index is 0.0417. The average molecular weight is 437 g/mol. The fraction of sp³-hybridized carbons (Fsp3) is 0.545. The molecule has 10 heteroatoms. The van der Waals surface area contributed by atoms with Crippen molar-refractivity contribution in [3.05, 3.63) is 24.5 Å². The summed E-state index contributed by atoms with van der Waals surface area (Å²) in [5.74, 6) is 1.97. The second kappa shape index (κ2) is 8.09. The Kier molecular flexibility index (Phi) is 5.24. The van der Waals surface area contributed by atoms with Gasteiger partial charge in [-0.25, -0.2) is 24.9 Å². The number of amides is 1. The molecule has 0 aromatic carbocycles. The first-order valence-electron chi connectivity index (χ1n) is 11.3. The second-order valence-corrected chi connectivity index (χ2v) is 8.71. The minimum atomic E-state index is -1.18. The zero-order chi connectivity index (χ0) is 22.3. The molecular weight excluding hydrogens is 408 g/mol. The van der Waals surface area contributed by atoms with Crippen LogP contribution in [0.1, 0.15) is 44.9 Å². The Hall–Kier alpha value is -3.14. The zero-order valence-corrected chi connectivity index (χ0v) is 18.5. The Morgan fingerprint density at radius 2 is 1.97 bits per heavy atom. The summed E-state index contributed by atoms with van der Waals surface area (Å²) in [4.78, 5) is 37.0. The van der Waals surface area contributed by atoms with Gasteiger partial charge in [-0.15, -0.1) is 0 Å². The van der Waals surface area contributed by atoms with Gasteiger partial charge in [0.05, 0.1) is 5.56 Å². The van der Waals surface area contributed by atoms with Crippen LogP contribution in [0.15, 0.2) is 18.7 Å². The van der Waals surface area contributed by atoms with Crippen LogP contribution in [0.3, 0.4) is 0 Å². The molecule has 10 nitrogen and oxygen atoms in total. The predicted octanol–water partition coefficient (Wildman–Crippen LogP) is 1.93. The number of carbonyl (C=O) groups is 1. The highest BCUT2D eigenvalue weighted by Crippen LogP contribution is 2.33. The fourth-order valence-electron chi connectivity index (χ4n) is 4.79. The maximum Gasteiger partial charge on any atom is 0.254 e. The van der Waals surface area contributed by atoms with E-state index in [4.69, 9.17) is 4.98 Å². The number of hydrogen-bond donors (Lipinski definition) is 2. The molecule has 0 spiro atoms. The van der Waals surface area contributed by atoms with Crippen molar-refractivity contribution in [2.75, 3.05) is 18.4 Å². The van der Waals surface area contributed by atoms with Gasteiger partial charge in [0.1, 0.15) is 23.6 Å². The Morgan fingerprint density at radius 3 is 2.69 bits per heavy atom. The van der Waals surface area contributed by atoms with Gasteiger partial charge in [0.15, 0.2) is 17.0 Å². The highest BCUT2D eigenvalue weighted by Gasteiger charge is 2.43. The van der Waals surface area contributed by atoms with Crippen LogP contribution in [-0.2, 0) is 11.3 Å². The van der Waals surface area contributed by atoms with Gasteiger partial charge in [-0.3, -0.25) is 4.79 Å². The second-order valence-electron chi connectivity index (χ2n) is 8.71. The van der Waals surface area contributed by atoms with Crippen molar-refractivity contribution in [3.8, 4) is 11.4 Å². The minimum Gasteiger partial charge on any atom is -0.380 e. The molecule has 32 heavy (non-hydrogen) atoms. The highest BCUT2D eigenvalue weighted by atomic mass is 16.3. The molecule has 3 aromatic rings. The third-order valence-electron chi connectivity index (χ3n) is 6.53. The number of carbonyl (C=O) groups excluding carboxylic acids is 1. The molecule has 1 aliphatic heterocycles. The van der Waals surface area contributed by atoms with Crippen molar-refractivity contribution in [2.24, 2.45) is 0 Å². The number of likely N-dealkylation sites (tertiary alicyclic amines) is 1. The Labute approximate surface area is 186 Å². The molecule has 1 saturated heterocycles. The number of rotatable bonds is 5. The van der Waals surface area contributed by atoms with E-state index in [1.54, 1.807) is 17.3 Å². The number of anilines is 1. The molecule has 0 radical (unpaired) electrons. The Bertz CT molecular complexity index is 1140. The van der Waals surface area contributed by atoms with Crippen molar-refractivity contribution >= 4 is 22.9 Å². The first kappa shape index (κ1) is 20.7. The van der Waals surface area contributed by atoms with Crippen molar-refractivity contribution in [2.45, 2.75) is 64.1 Å². The molecule has 0 bridgehead atoms. The lowest BCUT2D eigenvalue weighted by Gasteiger charge is -2.27. The van der Waals surface area contributed by atoms with Gasteiger partial charge in [0.25, 0.3) is 5.91 Å². The van der Waals surface area contributed by atoms with Gasteiger partial charge < -0.3 is 19.9 Å². The summed E-state index contributed by atoms with van der Waals surface area (Å²) in [5.41, 5.74) is 1.07. The summed E-state index contributed by atoms with van der Waals surface area (Å²) in [5, 5.41) is 14.1. The molecular formula is C22H28N8O2. The van der Waals surface area contributed by atoms with Gasteiger partial charge in [-0.2, -0.15) is 0 Å². The van der Waals surface area contributed by atoms with Crippen LogP contribution in [0.2, 0.25) is 0 Å². The maximum absolute atomic E-state index is 12.8. The standard InChI is InChI=1S/C22H28N8O2/c1-3-30-19(15-10-23-14(2)24-11-15)28-17-18(25-13-26-20(17)30)27-16-6-9-29(12-16)21(31)22(32)7-4-5-8-22/h10-11,13,16,32H,3-9,12H2,1-2H3,(H,25,26,27)/t16-/m0/s1. The van der Waals surface area contributed by atoms with Gasteiger partial charge in [-0.1, -0.05) is 0 Å². The molecule has 5 rings (SSSR count). The molecule has 3 aromatic heterocycles. The third kappa shape index (κ3) is 3.58. The van der Waals surface area contributed by atoms with Crippen LogP contribution in [-0.4, -0.2) is 70.1 Å². The van der Waals surface area contributed by atoms with E-state index in [0.29, 0.717) is 49.6 Å². The number of nitrogens with zero attached hydrogens (tertiary/aromatic N) is 7. The van der Waals surface area contributed by atoms with E-state index in [-0.39, 0.29) is 11.9 Å². The summed E-state index contributed by atoms with van der Waals surface area (Å²) in [7, 11) is 0. The van der Waals surface area contributed by atoms with E-state index in [2.05, 4.69) is 25.3 Å². The van der Waals surface area contributed by atoms with E-state index < -0.39 is 5.60 Å². The molecule has 168 valence electrons. The van der Waals surface area contributed by atoms with Gasteiger partial charge in [0, 0.05) is 38.1 Å². The lowest BCUT2D eigenvalue weighted by Crippen LogP contribution is -2.47. The lowest BCUT2D eigenvalue weighted by atomic mass is 10.0. The fourth-order valence-corrected chi connectivity index (χ4v) is 4.79. The van der Waals surface area contributed by atoms with E-state index >= 15 is 0 Å². The monoisotopic (exact) mass is 436 g/mol. The first-order chi connectivity index (χ1) is 15.5. The van der Waals surface area contributed by atoms with Crippen LogP contribution in [0.4, 0.5) is 5.82 Å². The van der Waals surface area contributed by atoms with Gasteiger partial charge in [0.2, 0.25) is 0 Å². The lowest BCUT2D eigenvalue weighted by molar-refractivity contribution is -0.149. The van der Waals surface area contributed by atoms with E-state index in [9.17, 15) is 9.90 Å². The topological polar surface area (TPSA) is 122 Å². The Balaban J connectivity index is 1.39. The summed E-state index contributed by atoms with van der Waals surface area (Å²) < 4.78 is 2.02. The SMILES string of the molecule is CCn1c(-c2cnc(C)nc2)nc2c(N[C@H]3CCN(C(=O)C4(O)CCCC4)C3)ncnc21. The Morgan fingerprint density at radius 1 is 1.22 bits per heavy atom. The van der Waals surface area contributed by atoms with Crippen LogP contribution >= 0.6 is 0 Å². The maximum atomic E-state index is 12.8.